The molecule has 0 aliphatic carbocycles. The number of carbonyl (C=O) groups excluding carboxylic acids is 2. The Hall–Kier alpha value is -3.12. The normalized spacial score (nSPS) is 13.8. The fourth-order valence-corrected chi connectivity index (χ4v) is 4.85. The third-order valence-corrected chi connectivity index (χ3v) is 6.95. The summed E-state index contributed by atoms with van der Waals surface area (Å²) in [7, 11) is 1.36. The first kappa shape index (κ1) is 27.5. The van der Waals surface area contributed by atoms with Gasteiger partial charge in [-0.2, -0.15) is 0 Å². The van der Waals surface area contributed by atoms with E-state index in [9.17, 15) is 9.59 Å². The fraction of sp³-hybridized carbons (Fsp3) is 0.467. The summed E-state index contributed by atoms with van der Waals surface area (Å²) in [4.78, 5) is 29.0. The van der Waals surface area contributed by atoms with Crippen LogP contribution in [0, 0.1) is 0 Å². The molecular weight excluding hydrogens is 450 g/mol. The highest BCUT2D eigenvalue weighted by Crippen LogP contribution is 2.34. The van der Waals surface area contributed by atoms with Gasteiger partial charge in [-0.05, 0) is 80.6 Å². The molecule has 36 heavy (non-hydrogen) atoms. The van der Waals surface area contributed by atoms with Crippen LogP contribution < -0.4 is 5.32 Å². The lowest BCUT2D eigenvalue weighted by molar-refractivity contribution is 0.0773. The molecule has 1 N–H and O–H groups in total. The smallest absolute Gasteiger partial charge is 0.411 e. The minimum atomic E-state index is -0.485. The van der Waals surface area contributed by atoms with Gasteiger partial charge in [0.05, 0.1) is 7.11 Å². The quantitative estimate of drug-likeness (QED) is 0.389. The molecule has 1 fully saturated rings. The molecule has 6 nitrogen and oxygen atoms in total. The van der Waals surface area contributed by atoms with Crippen molar-refractivity contribution in [2.24, 2.45) is 0 Å². The van der Waals surface area contributed by atoms with Crippen LogP contribution in [0.1, 0.15) is 74.4 Å². The van der Waals surface area contributed by atoms with Gasteiger partial charge in [0.25, 0.3) is 5.91 Å². The minimum Gasteiger partial charge on any atom is -0.453 e. The molecule has 1 aliphatic heterocycles. The molecule has 0 aromatic heterocycles. The van der Waals surface area contributed by atoms with E-state index in [0.717, 1.165) is 43.6 Å². The van der Waals surface area contributed by atoms with Crippen molar-refractivity contribution in [3.63, 3.8) is 0 Å². The van der Waals surface area contributed by atoms with Gasteiger partial charge >= 0.3 is 6.09 Å². The summed E-state index contributed by atoms with van der Waals surface area (Å²) in [6, 6.07) is 15.9. The van der Waals surface area contributed by atoms with Crippen LogP contribution in [0.15, 0.2) is 54.1 Å². The SMILES string of the molecule is CCCCCN1CCC(=C(c2ccc(C(=O)N(CC)CC)cc2)c2cccc(NC(=O)OC)c2)CC1. The van der Waals surface area contributed by atoms with Crippen LogP contribution in [-0.4, -0.2) is 61.6 Å². The first-order valence-electron chi connectivity index (χ1n) is 13.3. The van der Waals surface area contributed by atoms with E-state index in [1.807, 2.05) is 49.1 Å². The Morgan fingerprint density at radius 1 is 0.917 bits per heavy atom. The Morgan fingerprint density at radius 3 is 2.19 bits per heavy atom. The number of ether oxygens (including phenoxy) is 1. The van der Waals surface area contributed by atoms with Crippen LogP contribution in [0.4, 0.5) is 10.5 Å². The number of unbranched alkanes of at least 4 members (excludes halogenated alkanes) is 2. The number of likely N-dealkylation sites (tertiary alicyclic amines) is 1. The monoisotopic (exact) mass is 491 g/mol. The van der Waals surface area contributed by atoms with Gasteiger partial charge < -0.3 is 14.5 Å². The molecule has 0 bridgehead atoms. The molecule has 3 rings (SSSR count). The molecule has 0 radical (unpaired) electrons. The number of nitrogens with zero attached hydrogens (tertiary/aromatic N) is 2. The lowest BCUT2D eigenvalue weighted by Crippen LogP contribution is -2.32. The number of benzene rings is 2. The number of anilines is 1. The molecule has 2 aromatic rings. The average Bonchev–Trinajstić information content (AvgIpc) is 2.91. The summed E-state index contributed by atoms with van der Waals surface area (Å²) in [6.07, 6.45) is 5.31. The minimum absolute atomic E-state index is 0.0606. The fourth-order valence-electron chi connectivity index (χ4n) is 4.85. The van der Waals surface area contributed by atoms with E-state index >= 15 is 0 Å². The number of nitrogens with one attached hydrogen (secondary N) is 1. The zero-order valence-corrected chi connectivity index (χ0v) is 22.3. The van der Waals surface area contributed by atoms with Crippen molar-refractivity contribution in [3.05, 3.63) is 70.8 Å². The number of carbonyl (C=O) groups is 2. The van der Waals surface area contributed by atoms with E-state index in [0.29, 0.717) is 24.3 Å². The van der Waals surface area contributed by atoms with Crippen molar-refractivity contribution in [2.45, 2.75) is 52.9 Å². The maximum absolute atomic E-state index is 12.8. The summed E-state index contributed by atoms with van der Waals surface area (Å²) in [5.74, 6) is 0.0606. The van der Waals surface area contributed by atoms with Gasteiger partial charge in [-0.15, -0.1) is 0 Å². The second-order valence-electron chi connectivity index (χ2n) is 9.28. The average molecular weight is 492 g/mol. The number of rotatable bonds is 10. The van der Waals surface area contributed by atoms with Gasteiger partial charge in [0.1, 0.15) is 0 Å². The van der Waals surface area contributed by atoms with Crippen molar-refractivity contribution >= 4 is 23.3 Å². The summed E-state index contributed by atoms with van der Waals surface area (Å²) in [5, 5.41) is 2.78. The van der Waals surface area contributed by atoms with E-state index in [2.05, 4.69) is 35.3 Å². The maximum Gasteiger partial charge on any atom is 0.411 e. The molecule has 1 aliphatic rings. The molecule has 194 valence electrons. The maximum atomic E-state index is 12.8. The molecule has 6 heteroatoms. The van der Waals surface area contributed by atoms with Gasteiger partial charge in [-0.25, -0.2) is 4.79 Å². The zero-order chi connectivity index (χ0) is 25.9. The second kappa shape index (κ2) is 13.8. The van der Waals surface area contributed by atoms with E-state index in [1.54, 1.807) is 0 Å². The predicted molar refractivity (Wildman–Crippen MR) is 147 cm³/mol. The first-order valence-corrected chi connectivity index (χ1v) is 13.3. The number of piperidine rings is 1. The third-order valence-electron chi connectivity index (χ3n) is 6.95. The van der Waals surface area contributed by atoms with E-state index in [-0.39, 0.29) is 5.91 Å². The summed E-state index contributed by atoms with van der Waals surface area (Å²) in [6.45, 7) is 10.9. The van der Waals surface area contributed by atoms with Crippen molar-refractivity contribution in [2.75, 3.05) is 45.2 Å². The zero-order valence-electron chi connectivity index (χ0n) is 22.3. The van der Waals surface area contributed by atoms with E-state index in [4.69, 9.17) is 4.74 Å². The van der Waals surface area contributed by atoms with Crippen LogP contribution in [0.5, 0.6) is 0 Å². The van der Waals surface area contributed by atoms with Crippen molar-refractivity contribution in [1.82, 2.24) is 9.80 Å². The van der Waals surface area contributed by atoms with Crippen LogP contribution in [0.3, 0.4) is 0 Å². The summed E-state index contributed by atoms with van der Waals surface area (Å²) >= 11 is 0. The van der Waals surface area contributed by atoms with E-state index < -0.39 is 6.09 Å². The molecular formula is C30H41N3O3. The van der Waals surface area contributed by atoms with Gasteiger partial charge in [-0.1, -0.05) is 49.6 Å². The Kier molecular flexibility index (Phi) is 10.6. The van der Waals surface area contributed by atoms with Crippen molar-refractivity contribution in [1.29, 1.82) is 0 Å². The predicted octanol–water partition coefficient (Wildman–Crippen LogP) is 6.43. The third kappa shape index (κ3) is 7.20. The number of amides is 2. The molecule has 0 atom stereocenters. The van der Waals surface area contributed by atoms with Crippen LogP contribution in [0.2, 0.25) is 0 Å². The summed E-state index contributed by atoms with van der Waals surface area (Å²) in [5.41, 5.74) is 6.16. The Morgan fingerprint density at radius 2 is 1.58 bits per heavy atom. The van der Waals surface area contributed by atoms with Crippen molar-refractivity contribution in [3.8, 4) is 0 Å². The molecule has 2 amide bonds. The molecule has 1 heterocycles. The largest absolute Gasteiger partial charge is 0.453 e. The Bertz CT molecular complexity index is 1030. The lowest BCUT2D eigenvalue weighted by atomic mass is 9.87. The van der Waals surface area contributed by atoms with E-state index in [1.165, 1.54) is 37.5 Å². The topological polar surface area (TPSA) is 61.9 Å². The Balaban J connectivity index is 1.93. The van der Waals surface area contributed by atoms with Gasteiger partial charge in [0.15, 0.2) is 0 Å². The van der Waals surface area contributed by atoms with Gasteiger partial charge in [0, 0.05) is 37.4 Å². The first-order chi connectivity index (χ1) is 17.5. The summed E-state index contributed by atoms with van der Waals surface area (Å²) < 4.78 is 4.78. The van der Waals surface area contributed by atoms with Crippen LogP contribution in [-0.2, 0) is 4.74 Å². The van der Waals surface area contributed by atoms with Crippen LogP contribution >= 0.6 is 0 Å². The van der Waals surface area contributed by atoms with Gasteiger partial charge in [-0.3, -0.25) is 10.1 Å². The van der Waals surface area contributed by atoms with Gasteiger partial charge in [0.2, 0.25) is 0 Å². The lowest BCUT2D eigenvalue weighted by Gasteiger charge is -2.30. The highest BCUT2D eigenvalue weighted by Gasteiger charge is 2.20. The molecule has 0 spiro atoms. The number of hydrogen-bond acceptors (Lipinski definition) is 4. The molecule has 0 unspecified atom stereocenters. The number of hydrogen-bond donors (Lipinski definition) is 1. The second-order valence-corrected chi connectivity index (χ2v) is 9.28. The van der Waals surface area contributed by atoms with Crippen LogP contribution in [0.25, 0.3) is 5.57 Å². The molecule has 2 aromatic carbocycles. The molecule has 1 saturated heterocycles. The number of methoxy groups -OCH3 is 1. The Labute approximate surface area is 216 Å². The molecule has 0 saturated carbocycles. The standard InChI is InChI=1S/C30H41N3O3/c1-5-8-9-19-32-20-17-24(18-21-32)28(26-11-10-12-27(22-26)31-30(35)36-4)23-13-15-25(16-14-23)29(34)33(6-2)7-3/h10-16,22H,5-9,17-21H2,1-4H3,(H,31,35). The highest BCUT2D eigenvalue weighted by atomic mass is 16.5. The van der Waals surface area contributed by atoms with Crippen molar-refractivity contribution < 1.29 is 14.3 Å². The highest BCUT2D eigenvalue weighted by molar-refractivity contribution is 5.95.